The molecular weight excluding hydrogens is 500 g/mol. The molecule has 2 aliphatic heterocycles. The van der Waals surface area contributed by atoms with Crippen LogP contribution in [-0.2, 0) is 18.3 Å². The number of aromatic nitrogens is 1. The normalized spacial score (nSPS) is 15.4. The zero-order chi connectivity index (χ0) is 26.4. The molecule has 0 spiro atoms. The number of halogens is 1. The number of rotatable bonds is 8. The number of nitrogens with zero attached hydrogens (tertiary/aromatic N) is 2. The van der Waals surface area contributed by atoms with Crippen LogP contribution in [0, 0.1) is 0 Å². The van der Waals surface area contributed by atoms with E-state index in [0.29, 0.717) is 44.8 Å². The van der Waals surface area contributed by atoms with Gasteiger partial charge in [-0.1, -0.05) is 29.8 Å². The maximum atomic E-state index is 13.2. The summed E-state index contributed by atoms with van der Waals surface area (Å²) in [7, 11) is 1.99. The van der Waals surface area contributed by atoms with Gasteiger partial charge in [0, 0.05) is 34.1 Å². The number of amides is 3. The molecule has 0 aliphatic carbocycles. The lowest BCUT2D eigenvalue weighted by Gasteiger charge is -2.14. The van der Waals surface area contributed by atoms with Gasteiger partial charge < -0.3 is 14.8 Å². The van der Waals surface area contributed by atoms with Crippen LogP contribution in [0.3, 0.4) is 0 Å². The molecule has 0 bridgehead atoms. The number of likely N-dealkylation sites (tertiary alicyclic amines) is 1. The van der Waals surface area contributed by atoms with E-state index in [-0.39, 0.29) is 0 Å². The highest BCUT2D eigenvalue weighted by molar-refractivity contribution is 6.36. The fourth-order valence-electron chi connectivity index (χ4n) is 6.19. The van der Waals surface area contributed by atoms with Gasteiger partial charge in [-0.05, 0) is 87.1 Å². The monoisotopic (exact) mass is 528 g/mol. The van der Waals surface area contributed by atoms with Crippen molar-refractivity contribution < 1.29 is 14.4 Å². The van der Waals surface area contributed by atoms with Crippen LogP contribution < -0.4 is 10.6 Å². The Balaban J connectivity index is 1.54. The number of unbranched alkanes of at least 4 members (excludes halogenated alkanes) is 1. The van der Waals surface area contributed by atoms with Gasteiger partial charge in [-0.3, -0.25) is 19.7 Å². The minimum absolute atomic E-state index is 0.337. The molecule has 4 aromatic rings. The molecule has 1 aromatic heterocycles. The second kappa shape index (κ2) is 9.89. The molecule has 0 radical (unpaired) electrons. The Labute approximate surface area is 225 Å². The topological polar surface area (TPSA) is 83.4 Å². The molecule has 2 N–H and O–H groups in total. The van der Waals surface area contributed by atoms with Crippen LogP contribution in [0.25, 0.3) is 32.9 Å². The number of anilines is 1. The van der Waals surface area contributed by atoms with Crippen molar-refractivity contribution in [2.24, 2.45) is 7.05 Å². The molecule has 8 heteroatoms. The highest BCUT2D eigenvalue weighted by Gasteiger charge is 2.35. The summed E-state index contributed by atoms with van der Waals surface area (Å²) in [4.78, 5) is 40.1. The molecule has 1 saturated heterocycles. The number of carbonyl (C=O) groups is 3. The Morgan fingerprint density at radius 3 is 2.53 bits per heavy atom. The first-order valence-electron chi connectivity index (χ1n) is 13.1. The lowest BCUT2D eigenvalue weighted by molar-refractivity contribution is -0.105. The van der Waals surface area contributed by atoms with Crippen LogP contribution in [-0.4, -0.2) is 47.3 Å². The van der Waals surface area contributed by atoms with Crippen molar-refractivity contribution in [2.45, 2.75) is 32.1 Å². The van der Waals surface area contributed by atoms with E-state index in [1.165, 1.54) is 25.9 Å². The van der Waals surface area contributed by atoms with Crippen LogP contribution >= 0.6 is 11.6 Å². The maximum absolute atomic E-state index is 13.2. The minimum Gasteiger partial charge on any atom is -0.343 e. The Bertz CT molecular complexity index is 1620. The summed E-state index contributed by atoms with van der Waals surface area (Å²) in [6.45, 7) is 3.47. The third-order valence-corrected chi connectivity index (χ3v) is 8.23. The third kappa shape index (κ3) is 4.06. The van der Waals surface area contributed by atoms with Gasteiger partial charge in [0.25, 0.3) is 11.8 Å². The van der Waals surface area contributed by atoms with Gasteiger partial charge in [0.2, 0.25) is 6.41 Å². The van der Waals surface area contributed by atoms with Crippen LogP contribution in [0.2, 0.25) is 5.02 Å². The van der Waals surface area contributed by atoms with Gasteiger partial charge in [-0.25, -0.2) is 0 Å². The molecule has 7 nitrogen and oxygen atoms in total. The summed E-state index contributed by atoms with van der Waals surface area (Å²) in [5.74, 6) is -0.847. The SMILES string of the molecule is Cn1c2cc(-c3ccccc3Cl)c3c(c2c2cc(NC=O)cc(CCCCN4CCCC4)c21)C(=O)NC3=O. The van der Waals surface area contributed by atoms with Gasteiger partial charge in [0.15, 0.2) is 0 Å². The first-order valence-corrected chi connectivity index (χ1v) is 13.5. The van der Waals surface area contributed by atoms with Crippen LogP contribution in [0.5, 0.6) is 0 Å². The molecule has 1 fully saturated rings. The molecular formula is C30H29ClN4O3. The molecule has 0 unspecified atom stereocenters. The van der Waals surface area contributed by atoms with Crippen molar-refractivity contribution in [2.75, 3.05) is 25.0 Å². The van der Waals surface area contributed by atoms with Crippen molar-refractivity contribution in [3.8, 4) is 11.1 Å². The molecule has 0 saturated carbocycles. The minimum atomic E-state index is -0.428. The molecule has 6 rings (SSSR count). The third-order valence-electron chi connectivity index (χ3n) is 7.90. The average molecular weight is 529 g/mol. The van der Waals surface area contributed by atoms with Gasteiger partial charge >= 0.3 is 0 Å². The molecule has 194 valence electrons. The van der Waals surface area contributed by atoms with E-state index >= 15 is 0 Å². The van der Waals surface area contributed by atoms with E-state index in [4.69, 9.17) is 11.6 Å². The van der Waals surface area contributed by atoms with Crippen molar-refractivity contribution in [3.63, 3.8) is 0 Å². The number of fused-ring (bicyclic) bond motifs is 5. The van der Waals surface area contributed by atoms with Crippen molar-refractivity contribution >= 4 is 57.3 Å². The molecule has 38 heavy (non-hydrogen) atoms. The summed E-state index contributed by atoms with van der Waals surface area (Å²) in [5, 5.41) is 7.36. The predicted octanol–water partition coefficient (Wildman–Crippen LogP) is 5.52. The Hall–Kier alpha value is -3.68. The van der Waals surface area contributed by atoms with Crippen LogP contribution in [0.4, 0.5) is 5.69 Å². The maximum Gasteiger partial charge on any atom is 0.259 e. The highest BCUT2D eigenvalue weighted by atomic mass is 35.5. The van der Waals surface area contributed by atoms with E-state index < -0.39 is 11.8 Å². The largest absolute Gasteiger partial charge is 0.343 e. The second-order valence-corrected chi connectivity index (χ2v) is 10.6. The van der Waals surface area contributed by atoms with E-state index in [9.17, 15) is 14.4 Å². The summed E-state index contributed by atoms with van der Waals surface area (Å²) in [6, 6.07) is 13.2. The first-order chi connectivity index (χ1) is 18.5. The van der Waals surface area contributed by atoms with Gasteiger partial charge in [-0.15, -0.1) is 0 Å². The fraction of sp³-hybridized carbons (Fsp3) is 0.300. The number of nitrogens with one attached hydrogen (secondary N) is 2. The Kier molecular flexibility index (Phi) is 6.41. The lowest BCUT2D eigenvalue weighted by atomic mass is 9.92. The molecule has 3 heterocycles. The highest BCUT2D eigenvalue weighted by Crippen LogP contribution is 2.43. The van der Waals surface area contributed by atoms with E-state index in [2.05, 4.69) is 20.1 Å². The quantitative estimate of drug-likeness (QED) is 0.179. The fourth-order valence-corrected chi connectivity index (χ4v) is 6.43. The number of aryl methyl sites for hydroxylation is 2. The summed E-state index contributed by atoms with van der Waals surface area (Å²) in [5.41, 5.74) is 5.63. The standard InChI is InChI=1S/C30H29ClN4O3/c1-34-24-16-21(20-9-2-3-10-23(20)31)26-27(30(38)33-29(26)37)25(24)22-15-19(32-17-36)14-18(28(22)34)8-4-5-11-35-12-6-7-13-35/h2-3,9-10,14-17H,4-8,11-13H2,1H3,(H,32,36)(H,33,37,38). The molecule has 3 aromatic carbocycles. The summed E-state index contributed by atoms with van der Waals surface area (Å²) in [6.07, 6.45) is 6.19. The van der Waals surface area contributed by atoms with E-state index in [0.717, 1.165) is 47.8 Å². The molecule has 0 atom stereocenters. The first kappa shape index (κ1) is 24.6. The Morgan fingerprint density at radius 2 is 1.76 bits per heavy atom. The molecule has 3 amide bonds. The van der Waals surface area contributed by atoms with Gasteiger partial charge in [0.1, 0.15) is 0 Å². The van der Waals surface area contributed by atoms with Gasteiger partial charge in [0.05, 0.1) is 22.2 Å². The smallest absolute Gasteiger partial charge is 0.259 e. The Morgan fingerprint density at radius 1 is 1.00 bits per heavy atom. The predicted molar refractivity (Wildman–Crippen MR) is 151 cm³/mol. The average Bonchev–Trinajstić information content (AvgIpc) is 3.60. The molecule has 2 aliphatic rings. The van der Waals surface area contributed by atoms with E-state index in [1.807, 2.05) is 43.4 Å². The van der Waals surface area contributed by atoms with Crippen molar-refractivity contribution in [3.05, 3.63) is 64.2 Å². The van der Waals surface area contributed by atoms with E-state index in [1.54, 1.807) is 6.07 Å². The number of carbonyl (C=O) groups excluding carboxylic acids is 3. The number of benzene rings is 3. The lowest BCUT2D eigenvalue weighted by Crippen LogP contribution is -2.20. The number of imide groups is 1. The van der Waals surface area contributed by atoms with Crippen molar-refractivity contribution in [1.82, 2.24) is 14.8 Å². The van der Waals surface area contributed by atoms with Crippen molar-refractivity contribution in [1.29, 1.82) is 0 Å². The zero-order valence-corrected chi connectivity index (χ0v) is 22.0. The second-order valence-electron chi connectivity index (χ2n) is 10.2. The summed E-state index contributed by atoms with van der Waals surface area (Å²) < 4.78 is 2.10. The van der Waals surface area contributed by atoms with Crippen LogP contribution in [0.1, 0.15) is 52.0 Å². The number of hydrogen-bond acceptors (Lipinski definition) is 4. The summed E-state index contributed by atoms with van der Waals surface area (Å²) >= 11 is 6.54. The van der Waals surface area contributed by atoms with Crippen LogP contribution in [0.15, 0.2) is 42.5 Å². The van der Waals surface area contributed by atoms with Gasteiger partial charge in [-0.2, -0.15) is 0 Å². The zero-order valence-electron chi connectivity index (χ0n) is 21.3. The number of hydrogen-bond donors (Lipinski definition) is 2.